The summed E-state index contributed by atoms with van der Waals surface area (Å²) >= 11 is 0. The summed E-state index contributed by atoms with van der Waals surface area (Å²) in [5.41, 5.74) is 0. The van der Waals surface area contributed by atoms with Crippen LogP contribution in [0.1, 0.15) is 12.8 Å². The Morgan fingerprint density at radius 3 is 2.32 bits per heavy atom. The lowest BCUT2D eigenvalue weighted by Crippen LogP contribution is -2.03. The smallest absolute Gasteiger partial charge is 0.145 e. The van der Waals surface area contributed by atoms with E-state index < -0.39 is 0 Å². The van der Waals surface area contributed by atoms with Crippen molar-refractivity contribution in [2.75, 3.05) is 13.2 Å². The molecule has 1 heterocycles. The second kappa shape index (κ2) is 7.46. The fraction of sp³-hybridized carbons (Fsp3) is 0.211. The van der Waals surface area contributed by atoms with E-state index >= 15 is 0 Å². The highest BCUT2D eigenvalue weighted by Crippen LogP contribution is 2.23. The topological polar surface area (TPSA) is 31.4 Å². The lowest BCUT2D eigenvalue weighted by molar-refractivity contribution is 0.267. The van der Waals surface area contributed by atoms with Crippen LogP contribution >= 0.6 is 0 Å². The predicted molar refractivity (Wildman–Crippen MR) is 88.4 cm³/mol. The molecule has 3 heteroatoms. The lowest BCUT2D eigenvalue weighted by Gasteiger charge is -2.09. The van der Waals surface area contributed by atoms with Gasteiger partial charge in [-0.1, -0.05) is 42.5 Å². The maximum atomic E-state index is 5.85. The molecule has 0 unspecified atom stereocenters. The zero-order valence-electron chi connectivity index (χ0n) is 12.4. The van der Waals surface area contributed by atoms with E-state index in [9.17, 15) is 0 Å². The van der Waals surface area contributed by atoms with E-state index in [0.717, 1.165) is 35.1 Å². The maximum absolute atomic E-state index is 5.85. The summed E-state index contributed by atoms with van der Waals surface area (Å²) in [5, 5.41) is 2.21. The first kappa shape index (κ1) is 14.4. The fourth-order valence-electron chi connectivity index (χ4n) is 2.30. The van der Waals surface area contributed by atoms with Gasteiger partial charge in [-0.25, -0.2) is 0 Å². The molecule has 3 aromatic rings. The molecule has 22 heavy (non-hydrogen) atoms. The number of hydrogen-bond acceptors (Lipinski definition) is 3. The molecule has 0 spiro atoms. The summed E-state index contributed by atoms with van der Waals surface area (Å²) < 4.78 is 11.5. The molecule has 0 saturated heterocycles. The van der Waals surface area contributed by atoms with Gasteiger partial charge < -0.3 is 9.47 Å². The quantitative estimate of drug-likeness (QED) is 0.602. The Kier molecular flexibility index (Phi) is 4.88. The highest BCUT2D eigenvalue weighted by atomic mass is 16.5. The average Bonchev–Trinajstić information content (AvgIpc) is 2.59. The predicted octanol–water partition coefficient (Wildman–Crippen LogP) is 4.47. The standard InChI is InChI=1S/C19H19NO2/c1-2-9-17(10-3-1)21-12-6-7-13-22-19-15-20-14-16-8-4-5-11-18(16)19/h1-5,8-11,14-15H,6-7,12-13H2. The van der Waals surface area contributed by atoms with Crippen LogP contribution in [0.15, 0.2) is 67.0 Å². The van der Waals surface area contributed by atoms with Gasteiger partial charge in [-0.3, -0.25) is 4.98 Å². The van der Waals surface area contributed by atoms with Crippen LogP contribution in [0.3, 0.4) is 0 Å². The first-order chi connectivity index (χ1) is 10.9. The molecule has 0 aliphatic rings. The SMILES string of the molecule is c1ccc(OCCCCOc2cncc3ccccc23)cc1. The zero-order chi connectivity index (χ0) is 15.0. The van der Waals surface area contributed by atoms with Crippen molar-refractivity contribution in [3.05, 3.63) is 67.0 Å². The van der Waals surface area contributed by atoms with Crippen LogP contribution in [0.2, 0.25) is 0 Å². The number of para-hydroxylation sites is 1. The van der Waals surface area contributed by atoms with Crippen molar-refractivity contribution in [2.45, 2.75) is 12.8 Å². The Morgan fingerprint density at radius 1 is 0.727 bits per heavy atom. The van der Waals surface area contributed by atoms with Crippen molar-refractivity contribution in [3.63, 3.8) is 0 Å². The molecular formula is C19H19NO2. The van der Waals surface area contributed by atoms with E-state index in [1.54, 1.807) is 6.20 Å². The molecular weight excluding hydrogens is 274 g/mol. The summed E-state index contributed by atoms with van der Waals surface area (Å²) in [6.45, 7) is 1.38. The van der Waals surface area contributed by atoms with E-state index in [0.29, 0.717) is 13.2 Å². The normalized spacial score (nSPS) is 10.5. The lowest BCUT2D eigenvalue weighted by atomic mass is 10.2. The van der Waals surface area contributed by atoms with Gasteiger partial charge in [0.2, 0.25) is 0 Å². The second-order valence-corrected chi connectivity index (χ2v) is 5.08. The van der Waals surface area contributed by atoms with Gasteiger partial charge in [-0.15, -0.1) is 0 Å². The largest absolute Gasteiger partial charge is 0.494 e. The number of unbranched alkanes of at least 4 members (excludes halogenated alkanes) is 1. The Labute approximate surface area is 130 Å². The summed E-state index contributed by atoms with van der Waals surface area (Å²) in [7, 11) is 0. The second-order valence-electron chi connectivity index (χ2n) is 5.08. The number of hydrogen-bond donors (Lipinski definition) is 0. The minimum Gasteiger partial charge on any atom is -0.494 e. The Hall–Kier alpha value is -2.55. The Morgan fingerprint density at radius 2 is 1.45 bits per heavy atom. The van der Waals surface area contributed by atoms with E-state index in [-0.39, 0.29) is 0 Å². The third kappa shape index (κ3) is 3.76. The minimum absolute atomic E-state index is 0.674. The molecule has 0 radical (unpaired) electrons. The van der Waals surface area contributed by atoms with E-state index in [1.807, 2.05) is 54.7 Å². The number of ether oxygens (including phenoxy) is 2. The summed E-state index contributed by atoms with van der Waals surface area (Å²) in [5.74, 6) is 1.77. The molecule has 0 atom stereocenters. The molecule has 1 aromatic heterocycles. The number of fused-ring (bicyclic) bond motifs is 1. The van der Waals surface area contributed by atoms with E-state index in [4.69, 9.17) is 9.47 Å². The molecule has 2 aromatic carbocycles. The zero-order valence-corrected chi connectivity index (χ0v) is 12.4. The number of pyridine rings is 1. The number of aromatic nitrogens is 1. The molecule has 0 N–H and O–H groups in total. The minimum atomic E-state index is 0.674. The highest BCUT2D eigenvalue weighted by Gasteiger charge is 2.01. The van der Waals surface area contributed by atoms with Crippen molar-refractivity contribution in [1.29, 1.82) is 0 Å². The van der Waals surface area contributed by atoms with Gasteiger partial charge >= 0.3 is 0 Å². The van der Waals surface area contributed by atoms with Crippen LogP contribution in [0, 0.1) is 0 Å². The first-order valence-electron chi connectivity index (χ1n) is 7.57. The van der Waals surface area contributed by atoms with Gasteiger partial charge in [0.15, 0.2) is 0 Å². The molecule has 0 bridgehead atoms. The molecule has 3 rings (SSSR count). The summed E-state index contributed by atoms with van der Waals surface area (Å²) in [6.07, 6.45) is 5.56. The molecule has 0 aliphatic heterocycles. The number of benzene rings is 2. The van der Waals surface area contributed by atoms with Crippen LogP contribution < -0.4 is 9.47 Å². The first-order valence-corrected chi connectivity index (χ1v) is 7.57. The molecule has 0 aliphatic carbocycles. The molecule has 112 valence electrons. The van der Waals surface area contributed by atoms with Gasteiger partial charge in [0.25, 0.3) is 0 Å². The van der Waals surface area contributed by atoms with Crippen molar-refractivity contribution < 1.29 is 9.47 Å². The molecule has 3 nitrogen and oxygen atoms in total. The van der Waals surface area contributed by atoms with Gasteiger partial charge in [-0.05, 0) is 25.0 Å². The van der Waals surface area contributed by atoms with E-state index in [2.05, 4.69) is 11.1 Å². The summed E-state index contributed by atoms with van der Waals surface area (Å²) in [4.78, 5) is 4.22. The van der Waals surface area contributed by atoms with Gasteiger partial charge in [0, 0.05) is 17.0 Å². The average molecular weight is 293 g/mol. The van der Waals surface area contributed by atoms with Crippen LogP contribution in [0.5, 0.6) is 11.5 Å². The summed E-state index contributed by atoms with van der Waals surface area (Å²) in [6, 6.07) is 18.0. The van der Waals surface area contributed by atoms with Gasteiger partial charge in [0.1, 0.15) is 11.5 Å². The van der Waals surface area contributed by atoms with Crippen LogP contribution in [-0.2, 0) is 0 Å². The number of rotatable bonds is 7. The van der Waals surface area contributed by atoms with Crippen molar-refractivity contribution in [2.24, 2.45) is 0 Å². The van der Waals surface area contributed by atoms with E-state index in [1.165, 1.54) is 0 Å². The maximum Gasteiger partial charge on any atom is 0.145 e. The molecule has 0 saturated carbocycles. The molecule has 0 amide bonds. The van der Waals surface area contributed by atoms with Crippen LogP contribution in [-0.4, -0.2) is 18.2 Å². The van der Waals surface area contributed by atoms with Gasteiger partial charge in [0.05, 0.1) is 19.4 Å². The Bertz CT molecular complexity index is 707. The third-order valence-corrected chi connectivity index (χ3v) is 3.44. The van der Waals surface area contributed by atoms with Crippen LogP contribution in [0.25, 0.3) is 10.8 Å². The van der Waals surface area contributed by atoms with Crippen molar-refractivity contribution in [3.8, 4) is 11.5 Å². The van der Waals surface area contributed by atoms with Crippen LogP contribution in [0.4, 0.5) is 0 Å². The third-order valence-electron chi connectivity index (χ3n) is 3.44. The molecule has 0 fully saturated rings. The monoisotopic (exact) mass is 293 g/mol. The number of nitrogens with zero attached hydrogens (tertiary/aromatic N) is 1. The fourth-order valence-corrected chi connectivity index (χ4v) is 2.30. The highest BCUT2D eigenvalue weighted by molar-refractivity contribution is 5.87. The van der Waals surface area contributed by atoms with Gasteiger partial charge in [-0.2, -0.15) is 0 Å². The van der Waals surface area contributed by atoms with Crippen molar-refractivity contribution >= 4 is 10.8 Å². The van der Waals surface area contributed by atoms with Crippen molar-refractivity contribution in [1.82, 2.24) is 4.98 Å². The Balaban J connectivity index is 1.43.